The van der Waals surface area contributed by atoms with Crippen molar-refractivity contribution in [2.75, 3.05) is 17.7 Å². The summed E-state index contributed by atoms with van der Waals surface area (Å²) in [6.07, 6.45) is 10.4. The molecule has 18 heavy (non-hydrogen) atoms. The van der Waals surface area contributed by atoms with E-state index in [9.17, 15) is 0 Å². The molecule has 0 aliphatic heterocycles. The van der Waals surface area contributed by atoms with Gasteiger partial charge >= 0.3 is 0 Å². The van der Waals surface area contributed by atoms with Crippen LogP contribution >= 0.6 is 0 Å². The highest BCUT2D eigenvalue weighted by Gasteiger charge is 2.20. The molecule has 1 heterocycles. The van der Waals surface area contributed by atoms with Gasteiger partial charge in [-0.2, -0.15) is 0 Å². The quantitative estimate of drug-likeness (QED) is 0.836. The Balaban J connectivity index is 2.21. The van der Waals surface area contributed by atoms with Crippen LogP contribution in [-0.4, -0.2) is 23.1 Å². The lowest BCUT2D eigenvalue weighted by Gasteiger charge is -2.29. The molecule has 1 aromatic rings. The molecular formula is C14H24N4. The topological polar surface area (TPSA) is 55.0 Å². The third kappa shape index (κ3) is 2.74. The van der Waals surface area contributed by atoms with Crippen LogP contribution in [0.4, 0.5) is 11.6 Å². The van der Waals surface area contributed by atoms with Crippen molar-refractivity contribution >= 4 is 11.6 Å². The lowest BCUT2D eigenvalue weighted by atomic mass is 10.1. The van der Waals surface area contributed by atoms with E-state index < -0.39 is 0 Å². The lowest BCUT2D eigenvalue weighted by Crippen LogP contribution is -2.32. The van der Waals surface area contributed by atoms with Gasteiger partial charge in [0.05, 0.1) is 0 Å². The fourth-order valence-electron chi connectivity index (χ4n) is 2.88. The smallest absolute Gasteiger partial charge is 0.137 e. The summed E-state index contributed by atoms with van der Waals surface area (Å²) >= 11 is 0. The molecule has 0 radical (unpaired) electrons. The molecule has 1 aromatic heterocycles. The van der Waals surface area contributed by atoms with Crippen molar-refractivity contribution in [2.24, 2.45) is 0 Å². The van der Waals surface area contributed by atoms with Gasteiger partial charge in [-0.05, 0) is 19.3 Å². The standard InChI is InChI=1S/C14H24N4/c1-3-12-13(15)16-10-17-14(12)18(2)11-8-6-4-5-7-9-11/h10-11H,3-9H2,1-2H3,(H2,15,16,17). The molecule has 0 unspecified atom stereocenters. The minimum absolute atomic E-state index is 0.604. The number of anilines is 2. The SMILES string of the molecule is CCc1c(N)ncnc1N(C)C1CCCCCC1. The summed E-state index contributed by atoms with van der Waals surface area (Å²) in [4.78, 5) is 10.9. The lowest BCUT2D eigenvalue weighted by molar-refractivity contribution is 0.547. The number of rotatable bonds is 3. The van der Waals surface area contributed by atoms with E-state index in [1.165, 1.54) is 38.5 Å². The van der Waals surface area contributed by atoms with Crippen molar-refractivity contribution in [3.8, 4) is 0 Å². The summed E-state index contributed by atoms with van der Waals surface area (Å²) < 4.78 is 0. The Bertz CT molecular complexity index is 383. The van der Waals surface area contributed by atoms with E-state index in [1.807, 2.05) is 0 Å². The third-order valence-electron chi connectivity index (χ3n) is 4.02. The monoisotopic (exact) mass is 248 g/mol. The molecule has 0 saturated heterocycles. The molecule has 1 aliphatic carbocycles. The largest absolute Gasteiger partial charge is 0.383 e. The van der Waals surface area contributed by atoms with Crippen molar-refractivity contribution in [1.82, 2.24) is 9.97 Å². The Morgan fingerprint density at radius 1 is 1.22 bits per heavy atom. The molecule has 1 aliphatic rings. The minimum atomic E-state index is 0.604. The number of nitrogens with two attached hydrogens (primary N) is 1. The summed E-state index contributed by atoms with van der Waals surface area (Å²) in [5.41, 5.74) is 7.04. The van der Waals surface area contributed by atoms with E-state index in [4.69, 9.17) is 5.73 Å². The summed E-state index contributed by atoms with van der Waals surface area (Å²) in [5, 5.41) is 0. The van der Waals surface area contributed by atoms with Gasteiger partial charge in [-0.25, -0.2) is 9.97 Å². The molecule has 0 bridgehead atoms. The number of nitrogens with zero attached hydrogens (tertiary/aromatic N) is 3. The zero-order valence-corrected chi connectivity index (χ0v) is 11.5. The molecule has 0 atom stereocenters. The van der Waals surface area contributed by atoms with Gasteiger partial charge in [0.25, 0.3) is 0 Å². The molecule has 4 heteroatoms. The highest BCUT2D eigenvalue weighted by atomic mass is 15.2. The van der Waals surface area contributed by atoms with E-state index >= 15 is 0 Å². The highest BCUT2D eigenvalue weighted by molar-refractivity contribution is 5.56. The van der Waals surface area contributed by atoms with E-state index in [2.05, 4.69) is 28.8 Å². The molecule has 4 nitrogen and oxygen atoms in total. The molecule has 0 aromatic carbocycles. The van der Waals surface area contributed by atoms with Gasteiger partial charge in [-0.1, -0.05) is 32.6 Å². The summed E-state index contributed by atoms with van der Waals surface area (Å²) in [5.74, 6) is 1.65. The van der Waals surface area contributed by atoms with Crippen LogP contribution in [0.5, 0.6) is 0 Å². The molecule has 0 spiro atoms. The van der Waals surface area contributed by atoms with E-state index in [1.54, 1.807) is 6.33 Å². The van der Waals surface area contributed by atoms with Gasteiger partial charge in [-0.15, -0.1) is 0 Å². The average Bonchev–Trinajstić information content (AvgIpc) is 2.66. The Kier molecular flexibility index (Phi) is 4.39. The molecule has 0 amide bonds. The molecule has 100 valence electrons. The van der Waals surface area contributed by atoms with Crippen LogP contribution in [0, 0.1) is 0 Å². The van der Waals surface area contributed by atoms with Gasteiger partial charge in [0, 0.05) is 18.7 Å². The predicted molar refractivity (Wildman–Crippen MR) is 75.7 cm³/mol. The van der Waals surface area contributed by atoms with Crippen LogP contribution in [0.2, 0.25) is 0 Å². The van der Waals surface area contributed by atoms with Gasteiger partial charge < -0.3 is 10.6 Å². The van der Waals surface area contributed by atoms with Crippen LogP contribution in [0.1, 0.15) is 51.0 Å². The Hall–Kier alpha value is -1.32. The zero-order valence-electron chi connectivity index (χ0n) is 11.5. The van der Waals surface area contributed by atoms with Crippen LogP contribution in [-0.2, 0) is 6.42 Å². The van der Waals surface area contributed by atoms with Crippen molar-refractivity contribution < 1.29 is 0 Å². The normalized spacial score (nSPS) is 17.4. The maximum absolute atomic E-state index is 5.95. The van der Waals surface area contributed by atoms with Crippen molar-refractivity contribution in [2.45, 2.75) is 57.9 Å². The van der Waals surface area contributed by atoms with Crippen molar-refractivity contribution in [1.29, 1.82) is 0 Å². The highest BCUT2D eigenvalue weighted by Crippen LogP contribution is 2.28. The number of aromatic nitrogens is 2. The van der Waals surface area contributed by atoms with Crippen LogP contribution in [0.3, 0.4) is 0 Å². The second kappa shape index (κ2) is 6.03. The molecule has 2 N–H and O–H groups in total. The first kappa shape index (κ1) is 13.1. The first-order valence-corrected chi connectivity index (χ1v) is 7.06. The van der Waals surface area contributed by atoms with E-state index in [0.29, 0.717) is 11.9 Å². The number of hydrogen-bond donors (Lipinski definition) is 1. The Labute approximate surface area is 110 Å². The van der Waals surface area contributed by atoms with Gasteiger partial charge in [0.2, 0.25) is 0 Å². The van der Waals surface area contributed by atoms with Crippen molar-refractivity contribution in [3.63, 3.8) is 0 Å². The van der Waals surface area contributed by atoms with Crippen LogP contribution < -0.4 is 10.6 Å². The van der Waals surface area contributed by atoms with Gasteiger partial charge in [0.15, 0.2) is 0 Å². The maximum Gasteiger partial charge on any atom is 0.137 e. The zero-order chi connectivity index (χ0) is 13.0. The van der Waals surface area contributed by atoms with E-state index in [-0.39, 0.29) is 0 Å². The van der Waals surface area contributed by atoms with E-state index in [0.717, 1.165) is 17.8 Å². The van der Waals surface area contributed by atoms with Gasteiger partial charge in [-0.3, -0.25) is 0 Å². The second-order valence-electron chi connectivity index (χ2n) is 5.17. The maximum atomic E-state index is 5.95. The fraction of sp³-hybridized carbons (Fsp3) is 0.714. The molecular weight excluding hydrogens is 224 g/mol. The molecule has 1 saturated carbocycles. The average molecular weight is 248 g/mol. The Morgan fingerprint density at radius 2 is 1.89 bits per heavy atom. The van der Waals surface area contributed by atoms with Crippen molar-refractivity contribution in [3.05, 3.63) is 11.9 Å². The first-order valence-electron chi connectivity index (χ1n) is 7.06. The molecule has 1 fully saturated rings. The summed E-state index contributed by atoms with van der Waals surface area (Å²) in [6, 6.07) is 0.604. The van der Waals surface area contributed by atoms with Crippen LogP contribution in [0.25, 0.3) is 0 Å². The first-order chi connectivity index (χ1) is 8.74. The Morgan fingerprint density at radius 3 is 2.50 bits per heavy atom. The third-order valence-corrected chi connectivity index (χ3v) is 4.02. The summed E-state index contributed by atoms with van der Waals surface area (Å²) in [7, 11) is 2.15. The number of hydrogen-bond acceptors (Lipinski definition) is 4. The fourth-order valence-corrected chi connectivity index (χ4v) is 2.88. The molecule has 2 rings (SSSR count). The number of nitrogen functional groups attached to an aromatic ring is 1. The second-order valence-corrected chi connectivity index (χ2v) is 5.17. The van der Waals surface area contributed by atoms with Gasteiger partial charge in [0.1, 0.15) is 18.0 Å². The predicted octanol–water partition coefficient (Wildman–Crippen LogP) is 2.78. The summed E-state index contributed by atoms with van der Waals surface area (Å²) in [6.45, 7) is 2.11. The van der Waals surface area contributed by atoms with Crippen LogP contribution in [0.15, 0.2) is 6.33 Å². The minimum Gasteiger partial charge on any atom is -0.383 e.